The molecule has 21 heavy (non-hydrogen) atoms. The second-order valence-electron chi connectivity index (χ2n) is 6.65. The monoisotopic (exact) mass is 284 g/mol. The highest BCUT2D eigenvalue weighted by molar-refractivity contribution is 6.62. The maximum absolute atomic E-state index is 6.06. The number of nitrogens with one attached hydrogen (secondary N) is 1. The maximum atomic E-state index is 6.06. The Bertz CT molecular complexity index is 631. The van der Waals surface area contributed by atoms with E-state index in [1.54, 1.807) is 0 Å². The van der Waals surface area contributed by atoms with Crippen LogP contribution in [0.3, 0.4) is 0 Å². The Balaban J connectivity index is 1.83. The van der Waals surface area contributed by atoms with Crippen molar-refractivity contribution in [1.29, 1.82) is 0 Å². The zero-order chi connectivity index (χ0) is 15.3. The molecule has 1 N–H and O–H groups in total. The van der Waals surface area contributed by atoms with Crippen LogP contribution in [0, 0.1) is 6.92 Å². The first-order valence-electron chi connectivity index (χ1n) is 7.26. The van der Waals surface area contributed by atoms with E-state index in [0.29, 0.717) is 0 Å². The summed E-state index contributed by atoms with van der Waals surface area (Å²) in [5, 5.41) is 7.23. The third-order valence-corrected chi connectivity index (χ3v) is 4.44. The molecule has 0 unspecified atom stereocenters. The summed E-state index contributed by atoms with van der Waals surface area (Å²) in [5.74, 6) is 0. The van der Waals surface area contributed by atoms with Crippen LogP contribution in [0.5, 0.6) is 0 Å². The summed E-state index contributed by atoms with van der Waals surface area (Å²) in [5.41, 5.74) is 3.50. The van der Waals surface area contributed by atoms with E-state index in [-0.39, 0.29) is 18.3 Å². The molecule has 0 radical (unpaired) electrons. The van der Waals surface area contributed by atoms with Crippen LogP contribution in [0.1, 0.15) is 33.4 Å². The predicted molar refractivity (Wildman–Crippen MR) is 84.5 cm³/mol. The predicted octanol–water partition coefficient (Wildman–Crippen LogP) is 2.68. The Morgan fingerprint density at radius 2 is 1.57 bits per heavy atom. The topological polar surface area (TPSA) is 47.1 Å². The molecule has 1 aliphatic rings. The number of aromatic amines is 1. The Kier molecular flexibility index (Phi) is 3.22. The van der Waals surface area contributed by atoms with E-state index in [1.807, 2.05) is 25.1 Å². The van der Waals surface area contributed by atoms with Gasteiger partial charge in [-0.15, -0.1) is 0 Å². The molecule has 0 aliphatic carbocycles. The number of H-pyrrole nitrogens is 1. The average molecular weight is 284 g/mol. The molecule has 110 valence electrons. The van der Waals surface area contributed by atoms with Gasteiger partial charge in [0.1, 0.15) is 0 Å². The SMILES string of the molecule is Cc1cc(-c2ccc(B3OC(C)(C)C(C)(C)O3)cc2)n[nH]1. The molecule has 1 aliphatic heterocycles. The second kappa shape index (κ2) is 4.72. The number of aryl methyl sites for hydroxylation is 1. The number of hydrogen-bond acceptors (Lipinski definition) is 3. The van der Waals surface area contributed by atoms with Gasteiger partial charge in [-0.3, -0.25) is 5.10 Å². The Morgan fingerprint density at radius 3 is 2.05 bits per heavy atom. The van der Waals surface area contributed by atoms with Gasteiger partial charge in [0, 0.05) is 11.3 Å². The van der Waals surface area contributed by atoms with Crippen molar-refractivity contribution in [3.05, 3.63) is 36.0 Å². The zero-order valence-corrected chi connectivity index (χ0v) is 13.2. The smallest absolute Gasteiger partial charge is 0.399 e. The molecule has 0 amide bonds. The van der Waals surface area contributed by atoms with E-state index in [9.17, 15) is 0 Å². The van der Waals surface area contributed by atoms with Gasteiger partial charge in [-0.25, -0.2) is 0 Å². The van der Waals surface area contributed by atoms with Gasteiger partial charge in [-0.2, -0.15) is 5.10 Å². The quantitative estimate of drug-likeness (QED) is 0.862. The molecule has 0 saturated carbocycles. The number of nitrogens with zero attached hydrogens (tertiary/aromatic N) is 1. The molecule has 5 heteroatoms. The van der Waals surface area contributed by atoms with Crippen LogP contribution in [0.25, 0.3) is 11.3 Å². The van der Waals surface area contributed by atoms with E-state index in [4.69, 9.17) is 9.31 Å². The highest BCUT2D eigenvalue weighted by Crippen LogP contribution is 2.36. The average Bonchev–Trinajstić information content (AvgIpc) is 2.92. The lowest BCUT2D eigenvalue weighted by Crippen LogP contribution is -2.41. The van der Waals surface area contributed by atoms with Crippen molar-refractivity contribution in [3.63, 3.8) is 0 Å². The molecule has 0 spiro atoms. The van der Waals surface area contributed by atoms with Crippen molar-refractivity contribution in [1.82, 2.24) is 10.2 Å². The second-order valence-corrected chi connectivity index (χ2v) is 6.65. The Morgan fingerprint density at radius 1 is 1.00 bits per heavy atom. The summed E-state index contributed by atoms with van der Waals surface area (Å²) in [4.78, 5) is 0. The van der Waals surface area contributed by atoms with Gasteiger partial charge in [0.15, 0.2) is 0 Å². The number of rotatable bonds is 2. The van der Waals surface area contributed by atoms with Crippen LogP contribution in [-0.2, 0) is 9.31 Å². The molecular weight excluding hydrogens is 263 g/mol. The molecule has 1 saturated heterocycles. The summed E-state index contributed by atoms with van der Waals surface area (Å²) >= 11 is 0. The number of hydrogen-bond donors (Lipinski definition) is 1. The number of benzene rings is 1. The lowest BCUT2D eigenvalue weighted by molar-refractivity contribution is 0.00578. The van der Waals surface area contributed by atoms with Crippen LogP contribution in [0.15, 0.2) is 30.3 Å². The van der Waals surface area contributed by atoms with Crippen LogP contribution >= 0.6 is 0 Å². The van der Waals surface area contributed by atoms with Crippen LogP contribution in [0.2, 0.25) is 0 Å². The minimum Gasteiger partial charge on any atom is -0.399 e. The van der Waals surface area contributed by atoms with E-state index in [1.165, 1.54) is 0 Å². The fourth-order valence-electron chi connectivity index (χ4n) is 2.36. The fraction of sp³-hybridized carbons (Fsp3) is 0.438. The summed E-state index contributed by atoms with van der Waals surface area (Å²) in [6, 6.07) is 10.2. The maximum Gasteiger partial charge on any atom is 0.494 e. The zero-order valence-electron chi connectivity index (χ0n) is 13.2. The van der Waals surface area contributed by atoms with Gasteiger partial charge in [0.2, 0.25) is 0 Å². The van der Waals surface area contributed by atoms with Crippen LogP contribution in [0.4, 0.5) is 0 Å². The molecule has 4 nitrogen and oxygen atoms in total. The summed E-state index contributed by atoms with van der Waals surface area (Å²) in [6.07, 6.45) is 0. The lowest BCUT2D eigenvalue weighted by Gasteiger charge is -2.32. The van der Waals surface area contributed by atoms with Gasteiger partial charge in [-0.1, -0.05) is 24.3 Å². The van der Waals surface area contributed by atoms with E-state index >= 15 is 0 Å². The van der Waals surface area contributed by atoms with Gasteiger partial charge >= 0.3 is 7.12 Å². The van der Waals surface area contributed by atoms with Crippen molar-refractivity contribution in [3.8, 4) is 11.3 Å². The molecule has 0 atom stereocenters. The van der Waals surface area contributed by atoms with Gasteiger partial charge in [0.25, 0.3) is 0 Å². The normalized spacial score (nSPS) is 20.0. The van der Waals surface area contributed by atoms with Crippen molar-refractivity contribution < 1.29 is 9.31 Å². The van der Waals surface area contributed by atoms with E-state index in [0.717, 1.165) is 22.4 Å². The third kappa shape index (κ3) is 2.52. The molecule has 0 bridgehead atoms. The van der Waals surface area contributed by atoms with E-state index < -0.39 is 0 Å². The minimum absolute atomic E-state index is 0.310. The van der Waals surface area contributed by atoms with Gasteiger partial charge < -0.3 is 9.31 Å². The standard InChI is InChI=1S/C16H21BN2O2/c1-11-10-14(19-18-11)12-6-8-13(9-7-12)17-20-15(2,3)16(4,5)21-17/h6-10H,1-5H3,(H,18,19). The Labute approximate surface area is 126 Å². The highest BCUT2D eigenvalue weighted by atomic mass is 16.7. The fourth-order valence-corrected chi connectivity index (χ4v) is 2.36. The number of aromatic nitrogens is 2. The molecule has 1 aromatic heterocycles. The molecular formula is C16H21BN2O2. The highest BCUT2D eigenvalue weighted by Gasteiger charge is 2.51. The molecule has 2 aromatic rings. The lowest BCUT2D eigenvalue weighted by atomic mass is 9.79. The van der Waals surface area contributed by atoms with Crippen molar-refractivity contribution in [2.45, 2.75) is 45.8 Å². The Hall–Kier alpha value is -1.59. The third-order valence-electron chi connectivity index (χ3n) is 4.44. The van der Waals surface area contributed by atoms with E-state index in [2.05, 4.69) is 50.0 Å². The summed E-state index contributed by atoms with van der Waals surface area (Å²) in [7, 11) is -0.315. The molecule has 1 fully saturated rings. The van der Waals surface area contributed by atoms with Gasteiger partial charge in [-0.05, 0) is 46.1 Å². The van der Waals surface area contributed by atoms with Crippen molar-refractivity contribution in [2.24, 2.45) is 0 Å². The first-order valence-corrected chi connectivity index (χ1v) is 7.26. The van der Waals surface area contributed by atoms with Gasteiger partial charge in [0.05, 0.1) is 16.9 Å². The minimum atomic E-state index is -0.315. The van der Waals surface area contributed by atoms with Crippen LogP contribution in [-0.4, -0.2) is 28.5 Å². The largest absolute Gasteiger partial charge is 0.494 e. The van der Waals surface area contributed by atoms with Crippen molar-refractivity contribution >= 4 is 12.6 Å². The summed E-state index contributed by atoms with van der Waals surface area (Å²) < 4.78 is 12.1. The molecule has 2 heterocycles. The first kappa shape index (κ1) is 14.4. The van der Waals surface area contributed by atoms with Crippen molar-refractivity contribution in [2.75, 3.05) is 0 Å². The molecule has 3 rings (SSSR count). The first-order chi connectivity index (χ1) is 9.78. The molecule has 1 aromatic carbocycles. The van der Waals surface area contributed by atoms with Crippen LogP contribution < -0.4 is 5.46 Å². The summed E-state index contributed by atoms with van der Waals surface area (Å²) in [6.45, 7) is 10.2.